The van der Waals surface area contributed by atoms with Crippen LogP contribution in [0, 0.1) is 0 Å². The normalized spacial score (nSPS) is 12.7. The monoisotopic (exact) mass is 277 g/mol. The van der Waals surface area contributed by atoms with Gasteiger partial charge in [-0.15, -0.1) is 0 Å². The van der Waals surface area contributed by atoms with Crippen molar-refractivity contribution in [2.75, 3.05) is 7.11 Å². The van der Waals surface area contributed by atoms with Gasteiger partial charge in [-0.3, -0.25) is 4.79 Å². The van der Waals surface area contributed by atoms with Gasteiger partial charge in [-0.25, -0.2) is 4.79 Å². The van der Waals surface area contributed by atoms with Gasteiger partial charge >= 0.3 is 5.97 Å². The average Bonchev–Trinajstić information content (AvgIpc) is 2.36. The van der Waals surface area contributed by atoms with E-state index in [1.54, 1.807) is 0 Å². The summed E-state index contributed by atoms with van der Waals surface area (Å²) in [6.07, 6.45) is 0.427. The van der Waals surface area contributed by atoms with Crippen LogP contribution in [-0.4, -0.2) is 25.0 Å². The molecule has 0 saturated carbocycles. The van der Waals surface area contributed by atoms with Crippen molar-refractivity contribution in [1.82, 2.24) is 5.32 Å². The lowest BCUT2D eigenvalue weighted by molar-refractivity contribution is -0.144. The van der Waals surface area contributed by atoms with Crippen molar-refractivity contribution >= 4 is 11.9 Å². The molecule has 0 aliphatic rings. The first-order chi connectivity index (χ1) is 9.24. The first-order valence-electron chi connectivity index (χ1n) is 6.68. The Balaban J connectivity index is 2.83. The Kier molecular flexibility index (Phi) is 5.31. The number of carbonyl (C=O) groups is 2. The number of methoxy groups -OCH3 is 1. The summed E-state index contributed by atoms with van der Waals surface area (Å²) in [5.74, 6) is -0.674. The van der Waals surface area contributed by atoms with E-state index in [1.165, 1.54) is 19.6 Å². The number of hydrogen-bond donors (Lipinski definition) is 1. The summed E-state index contributed by atoms with van der Waals surface area (Å²) in [5, 5.41) is 2.61. The van der Waals surface area contributed by atoms with E-state index in [0.717, 1.165) is 5.56 Å². The predicted molar refractivity (Wildman–Crippen MR) is 78.5 cm³/mol. The zero-order valence-electron chi connectivity index (χ0n) is 12.8. The molecule has 0 aromatic heterocycles. The lowest BCUT2D eigenvalue weighted by Crippen LogP contribution is -2.41. The Bertz CT molecular complexity index is 471. The second-order valence-electron chi connectivity index (χ2n) is 5.93. The molecule has 1 unspecified atom stereocenters. The Labute approximate surface area is 120 Å². The Morgan fingerprint density at radius 2 is 1.75 bits per heavy atom. The predicted octanol–water partition coefficient (Wildman–Crippen LogP) is 2.20. The van der Waals surface area contributed by atoms with E-state index in [1.807, 2.05) is 12.1 Å². The molecule has 1 amide bonds. The highest BCUT2D eigenvalue weighted by Crippen LogP contribution is 2.22. The molecule has 4 nitrogen and oxygen atoms in total. The van der Waals surface area contributed by atoms with Crippen LogP contribution in [0.3, 0.4) is 0 Å². The largest absolute Gasteiger partial charge is 0.467 e. The average molecular weight is 277 g/mol. The molecule has 1 atom stereocenters. The van der Waals surface area contributed by atoms with Gasteiger partial charge in [0.2, 0.25) is 5.91 Å². The van der Waals surface area contributed by atoms with E-state index < -0.39 is 12.0 Å². The number of nitrogens with one attached hydrogen (secondary N) is 1. The van der Waals surface area contributed by atoms with Crippen LogP contribution >= 0.6 is 0 Å². The molecule has 0 spiro atoms. The maximum atomic E-state index is 11.6. The van der Waals surface area contributed by atoms with Crippen LogP contribution in [-0.2, 0) is 26.2 Å². The molecule has 0 fully saturated rings. The topological polar surface area (TPSA) is 55.4 Å². The molecule has 0 aliphatic heterocycles. The van der Waals surface area contributed by atoms with E-state index >= 15 is 0 Å². The molecule has 0 bridgehead atoms. The summed E-state index contributed by atoms with van der Waals surface area (Å²) in [5.41, 5.74) is 2.32. The highest BCUT2D eigenvalue weighted by Gasteiger charge is 2.21. The lowest BCUT2D eigenvalue weighted by atomic mass is 9.86. The van der Waals surface area contributed by atoms with Crippen LogP contribution in [0.15, 0.2) is 24.3 Å². The van der Waals surface area contributed by atoms with Crippen LogP contribution in [0.1, 0.15) is 38.8 Å². The fourth-order valence-electron chi connectivity index (χ4n) is 1.96. The third kappa shape index (κ3) is 4.68. The van der Waals surface area contributed by atoms with Gasteiger partial charge in [0.25, 0.3) is 0 Å². The molecule has 1 aromatic rings. The smallest absolute Gasteiger partial charge is 0.328 e. The molecule has 1 aromatic carbocycles. The van der Waals surface area contributed by atoms with Crippen LogP contribution < -0.4 is 5.32 Å². The number of ether oxygens (including phenoxy) is 1. The molecule has 1 N–H and O–H groups in total. The summed E-state index contributed by atoms with van der Waals surface area (Å²) >= 11 is 0. The minimum Gasteiger partial charge on any atom is -0.467 e. The van der Waals surface area contributed by atoms with Gasteiger partial charge in [-0.05, 0) is 16.5 Å². The van der Waals surface area contributed by atoms with Crippen LogP contribution in [0.4, 0.5) is 0 Å². The van der Waals surface area contributed by atoms with Gasteiger partial charge in [-0.2, -0.15) is 0 Å². The molecule has 110 valence electrons. The van der Waals surface area contributed by atoms with Crippen molar-refractivity contribution in [1.29, 1.82) is 0 Å². The number of rotatable bonds is 4. The number of esters is 1. The lowest BCUT2D eigenvalue weighted by Gasteiger charge is -2.20. The van der Waals surface area contributed by atoms with Crippen molar-refractivity contribution in [3.8, 4) is 0 Å². The molecular formula is C16H23NO3. The van der Waals surface area contributed by atoms with Crippen LogP contribution in [0.2, 0.25) is 0 Å². The van der Waals surface area contributed by atoms with Crippen molar-refractivity contribution in [2.24, 2.45) is 0 Å². The highest BCUT2D eigenvalue weighted by molar-refractivity contribution is 5.83. The fourth-order valence-corrected chi connectivity index (χ4v) is 1.96. The van der Waals surface area contributed by atoms with Gasteiger partial charge in [-0.1, -0.05) is 45.0 Å². The maximum absolute atomic E-state index is 11.6. The number of carbonyl (C=O) groups excluding carboxylic acids is 2. The number of benzene rings is 1. The van der Waals surface area contributed by atoms with Crippen LogP contribution in [0.5, 0.6) is 0 Å². The summed E-state index contributed by atoms with van der Waals surface area (Å²) in [7, 11) is 1.32. The van der Waals surface area contributed by atoms with E-state index in [4.69, 9.17) is 4.74 Å². The minimum absolute atomic E-state index is 0.0952. The highest BCUT2D eigenvalue weighted by atomic mass is 16.5. The molecule has 0 radical (unpaired) electrons. The molecule has 4 heteroatoms. The van der Waals surface area contributed by atoms with Gasteiger partial charge in [0.15, 0.2) is 0 Å². The summed E-state index contributed by atoms with van der Waals surface area (Å²) in [4.78, 5) is 22.8. The van der Waals surface area contributed by atoms with E-state index in [0.29, 0.717) is 6.42 Å². The second kappa shape index (κ2) is 6.55. The number of amides is 1. The Hall–Kier alpha value is -1.84. The third-order valence-electron chi connectivity index (χ3n) is 3.12. The van der Waals surface area contributed by atoms with Crippen molar-refractivity contribution in [3.63, 3.8) is 0 Å². The molecule has 0 aliphatic carbocycles. The molecule has 1 rings (SSSR count). The van der Waals surface area contributed by atoms with E-state index in [-0.39, 0.29) is 11.3 Å². The van der Waals surface area contributed by atoms with Crippen LogP contribution in [0.25, 0.3) is 0 Å². The van der Waals surface area contributed by atoms with Crippen molar-refractivity contribution in [2.45, 2.75) is 45.6 Å². The van der Waals surface area contributed by atoms with Gasteiger partial charge in [0, 0.05) is 13.3 Å². The van der Waals surface area contributed by atoms with Gasteiger partial charge in [0.1, 0.15) is 6.04 Å². The zero-order chi connectivity index (χ0) is 15.3. The summed E-state index contributed by atoms with van der Waals surface area (Å²) in [6, 6.07) is 7.43. The van der Waals surface area contributed by atoms with Crippen molar-refractivity contribution in [3.05, 3.63) is 35.4 Å². The Morgan fingerprint density at radius 3 is 2.15 bits per heavy atom. The summed E-state index contributed by atoms with van der Waals surface area (Å²) < 4.78 is 4.71. The first kappa shape index (κ1) is 16.2. The summed E-state index contributed by atoms with van der Waals surface area (Å²) in [6.45, 7) is 7.84. The van der Waals surface area contributed by atoms with Crippen molar-refractivity contribution < 1.29 is 14.3 Å². The molecule has 20 heavy (non-hydrogen) atoms. The second-order valence-corrected chi connectivity index (χ2v) is 5.93. The fraction of sp³-hybridized carbons (Fsp3) is 0.500. The van der Waals surface area contributed by atoms with Gasteiger partial charge < -0.3 is 10.1 Å². The molecule has 0 heterocycles. The SMILES string of the molecule is COC(=O)C(Cc1ccc(C(C)(C)C)cc1)NC(C)=O. The van der Waals surface area contributed by atoms with Gasteiger partial charge in [0.05, 0.1) is 7.11 Å². The minimum atomic E-state index is -0.641. The zero-order valence-corrected chi connectivity index (χ0v) is 12.8. The quantitative estimate of drug-likeness (QED) is 0.858. The van der Waals surface area contributed by atoms with E-state index in [2.05, 4.69) is 38.2 Å². The standard InChI is InChI=1S/C16H23NO3/c1-11(18)17-14(15(19)20-5)10-12-6-8-13(9-7-12)16(2,3)4/h6-9,14H,10H2,1-5H3,(H,17,18). The molecular weight excluding hydrogens is 254 g/mol. The third-order valence-corrected chi connectivity index (χ3v) is 3.12. The number of hydrogen-bond acceptors (Lipinski definition) is 3. The maximum Gasteiger partial charge on any atom is 0.328 e. The molecule has 0 saturated heterocycles. The Morgan fingerprint density at radius 1 is 1.20 bits per heavy atom. The first-order valence-corrected chi connectivity index (χ1v) is 6.68. The van der Waals surface area contributed by atoms with E-state index in [9.17, 15) is 9.59 Å².